The summed E-state index contributed by atoms with van der Waals surface area (Å²) in [6.07, 6.45) is 0.872. The van der Waals surface area contributed by atoms with E-state index in [-0.39, 0.29) is 0 Å². The number of H-pyrrole nitrogens is 1. The molecule has 0 spiro atoms. The normalized spacial score (nSPS) is 10.8. The molecule has 0 fully saturated rings. The average molecular weight is 181 g/mol. The van der Waals surface area contributed by atoms with Crippen LogP contribution in [0.4, 0.5) is 0 Å². The van der Waals surface area contributed by atoms with Gasteiger partial charge in [0.05, 0.1) is 0 Å². The molecular weight excluding hydrogens is 166 g/mol. The first kappa shape index (κ1) is 9.84. The highest BCUT2D eigenvalue weighted by atomic mass is 16.4. The van der Waals surface area contributed by atoms with Crippen molar-refractivity contribution in [3.63, 3.8) is 0 Å². The van der Waals surface area contributed by atoms with Crippen LogP contribution in [0, 0.1) is 0 Å². The Labute approximate surface area is 77.8 Å². The summed E-state index contributed by atoms with van der Waals surface area (Å²) in [6.45, 7) is 6.13. The quantitative estimate of drug-likeness (QED) is 0.752. The topological polar surface area (TPSA) is 53.1 Å². The van der Waals surface area contributed by atoms with Crippen molar-refractivity contribution in [1.29, 1.82) is 0 Å². The highest BCUT2D eigenvalue weighted by molar-refractivity contribution is 5.86. The molecule has 1 heterocycles. The molecule has 13 heavy (non-hydrogen) atoms. The second-order valence-corrected chi connectivity index (χ2v) is 3.44. The molecule has 1 aromatic rings. The summed E-state index contributed by atoms with van der Waals surface area (Å²) in [5.74, 6) is -0.537. The van der Waals surface area contributed by atoms with Crippen molar-refractivity contribution in [2.75, 3.05) is 0 Å². The second-order valence-electron chi connectivity index (χ2n) is 3.44. The van der Waals surface area contributed by atoms with Gasteiger partial charge in [0.1, 0.15) is 5.69 Å². The molecule has 0 unspecified atom stereocenters. The monoisotopic (exact) mass is 181 g/mol. The molecular formula is C10H15NO2. The van der Waals surface area contributed by atoms with Crippen LogP contribution >= 0.6 is 0 Å². The van der Waals surface area contributed by atoms with Gasteiger partial charge in [-0.05, 0) is 24.0 Å². The number of carboxylic acid groups (broad SMARTS) is 1. The summed E-state index contributed by atoms with van der Waals surface area (Å²) in [7, 11) is 0. The summed E-state index contributed by atoms with van der Waals surface area (Å²) < 4.78 is 0. The van der Waals surface area contributed by atoms with Gasteiger partial charge in [0.25, 0.3) is 0 Å². The number of aryl methyl sites for hydroxylation is 1. The van der Waals surface area contributed by atoms with Crippen LogP contribution in [0.2, 0.25) is 0 Å². The fraction of sp³-hybridized carbons (Fsp3) is 0.500. The standard InChI is InChI=1S/C10H15NO2/c1-4-7-5-8(10(12)13)11-9(7)6(2)3/h5-6,11H,4H2,1-3H3,(H,12,13). The zero-order valence-corrected chi connectivity index (χ0v) is 8.22. The van der Waals surface area contributed by atoms with Crippen LogP contribution in [0.3, 0.4) is 0 Å². The summed E-state index contributed by atoms with van der Waals surface area (Å²) in [6, 6.07) is 1.72. The van der Waals surface area contributed by atoms with E-state index in [1.165, 1.54) is 0 Å². The summed E-state index contributed by atoms with van der Waals surface area (Å²) in [4.78, 5) is 13.6. The van der Waals surface area contributed by atoms with Gasteiger partial charge in [-0.15, -0.1) is 0 Å². The fourth-order valence-corrected chi connectivity index (χ4v) is 1.44. The van der Waals surface area contributed by atoms with Gasteiger partial charge in [0.15, 0.2) is 0 Å². The van der Waals surface area contributed by atoms with E-state index in [0.717, 1.165) is 17.7 Å². The molecule has 3 heteroatoms. The number of carboxylic acids is 1. The molecule has 1 rings (SSSR count). The molecule has 0 aromatic carbocycles. The lowest BCUT2D eigenvalue weighted by Gasteiger charge is -2.04. The number of nitrogens with one attached hydrogen (secondary N) is 1. The smallest absolute Gasteiger partial charge is 0.352 e. The lowest BCUT2D eigenvalue weighted by atomic mass is 10.0. The van der Waals surface area contributed by atoms with Gasteiger partial charge < -0.3 is 10.1 Å². The lowest BCUT2D eigenvalue weighted by Crippen LogP contribution is -1.97. The zero-order valence-electron chi connectivity index (χ0n) is 8.22. The minimum atomic E-state index is -0.887. The van der Waals surface area contributed by atoms with E-state index in [1.54, 1.807) is 6.07 Å². The van der Waals surface area contributed by atoms with Crippen molar-refractivity contribution < 1.29 is 9.90 Å². The van der Waals surface area contributed by atoms with E-state index in [0.29, 0.717) is 11.6 Å². The van der Waals surface area contributed by atoms with Crippen molar-refractivity contribution in [3.8, 4) is 0 Å². The van der Waals surface area contributed by atoms with Gasteiger partial charge in [-0.25, -0.2) is 4.79 Å². The van der Waals surface area contributed by atoms with Gasteiger partial charge in [-0.3, -0.25) is 0 Å². The number of rotatable bonds is 3. The first-order valence-electron chi connectivity index (χ1n) is 4.51. The van der Waals surface area contributed by atoms with E-state index in [1.807, 2.05) is 6.92 Å². The van der Waals surface area contributed by atoms with Crippen LogP contribution in [0.25, 0.3) is 0 Å². The molecule has 72 valence electrons. The zero-order chi connectivity index (χ0) is 10.0. The first-order valence-corrected chi connectivity index (χ1v) is 4.51. The Bertz CT molecular complexity index is 313. The van der Waals surface area contributed by atoms with Gasteiger partial charge in [-0.1, -0.05) is 20.8 Å². The molecule has 0 saturated carbocycles. The van der Waals surface area contributed by atoms with E-state index in [9.17, 15) is 4.79 Å². The molecule has 0 aliphatic rings. The molecule has 0 atom stereocenters. The third-order valence-electron chi connectivity index (χ3n) is 2.12. The van der Waals surface area contributed by atoms with Gasteiger partial charge >= 0.3 is 5.97 Å². The maximum atomic E-state index is 10.7. The number of carbonyl (C=O) groups is 1. The van der Waals surface area contributed by atoms with Crippen molar-refractivity contribution in [3.05, 3.63) is 23.0 Å². The Morgan fingerprint density at radius 1 is 1.62 bits per heavy atom. The third kappa shape index (κ3) is 1.91. The molecule has 0 aliphatic carbocycles. The number of aromatic nitrogens is 1. The van der Waals surface area contributed by atoms with Crippen LogP contribution in [0.15, 0.2) is 6.07 Å². The van der Waals surface area contributed by atoms with E-state index in [2.05, 4.69) is 18.8 Å². The predicted molar refractivity (Wildman–Crippen MR) is 51.2 cm³/mol. The van der Waals surface area contributed by atoms with Gasteiger partial charge in [0.2, 0.25) is 0 Å². The highest BCUT2D eigenvalue weighted by Crippen LogP contribution is 2.20. The molecule has 1 aromatic heterocycles. The van der Waals surface area contributed by atoms with Crippen molar-refractivity contribution in [1.82, 2.24) is 4.98 Å². The summed E-state index contributed by atoms with van der Waals surface area (Å²) >= 11 is 0. The number of hydrogen-bond donors (Lipinski definition) is 2. The minimum absolute atomic E-state index is 0.292. The van der Waals surface area contributed by atoms with E-state index >= 15 is 0 Å². The molecule has 0 radical (unpaired) electrons. The van der Waals surface area contributed by atoms with Crippen LogP contribution in [-0.2, 0) is 6.42 Å². The maximum absolute atomic E-state index is 10.7. The Morgan fingerprint density at radius 2 is 2.23 bits per heavy atom. The maximum Gasteiger partial charge on any atom is 0.352 e. The number of aromatic amines is 1. The van der Waals surface area contributed by atoms with E-state index < -0.39 is 5.97 Å². The van der Waals surface area contributed by atoms with Crippen molar-refractivity contribution >= 4 is 5.97 Å². The third-order valence-corrected chi connectivity index (χ3v) is 2.12. The Morgan fingerprint density at radius 3 is 2.54 bits per heavy atom. The first-order chi connectivity index (χ1) is 6.06. The van der Waals surface area contributed by atoms with Crippen LogP contribution in [0.1, 0.15) is 48.4 Å². The Balaban J connectivity index is 3.11. The molecule has 0 amide bonds. The van der Waals surface area contributed by atoms with Crippen molar-refractivity contribution in [2.45, 2.75) is 33.1 Å². The summed E-state index contributed by atoms with van der Waals surface area (Å²) in [5.41, 5.74) is 2.44. The summed E-state index contributed by atoms with van der Waals surface area (Å²) in [5, 5.41) is 8.77. The SMILES string of the molecule is CCc1cc(C(=O)O)[nH]c1C(C)C. The Kier molecular flexibility index (Phi) is 2.76. The van der Waals surface area contributed by atoms with Crippen molar-refractivity contribution in [2.24, 2.45) is 0 Å². The largest absolute Gasteiger partial charge is 0.477 e. The van der Waals surface area contributed by atoms with Gasteiger partial charge in [-0.2, -0.15) is 0 Å². The van der Waals surface area contributed by atoms with Crippen LogP contribution in [0.5, 0.6) is 0 Å². The molecule has 2 N–H and O–H groups in total. The molecule has 0 bridgehead atoms. The van der Waals surface area contributed by atoms with Gasteiger partial charge in [0, 0.05) is 5.69 Å². The number of hydrogen-bond acceptors (Lipinski definition) is 1. The molecule has 0 saturated heterocycles. The van der Waals surface area contributed by atoms with E-state index in [4.69, 9.17) is 5.11 Å². The fourth-order valence-electron chi connectivity index (χ4n) is 1.44. The van der Waals surface area contributed by atoms with Crippen LogP contribution < -0.4 is 0 Å². The second kappa shape index (κ2) is 3.64. The molecule has 0 aliphatic heterocycles. The lowest BCUT2D eigenvalue weighted by molar-refractivity contribution is 0.0691. The minimum Gasteiger partial charge on any atom is -0.477 e. The average Bonchev–Trinajstić information content (AvgIpc) is 2.47. The Hall–Kier alpha value is -1.25. The predicted octanol–water partition coefficient (Wildman–Crippen LogP) is 2.40. The molecule has 3 nitrogen and oxygen atoms in total. The highest BCUT2D eigenvalue weighted by Gasteiger charge is 2.13. The van der Waals surface area contributed by atoms with Crippen LogP contribution in [-0.4, -0.2) is 16.1 Å². The number of aromatic carboxylic acids is 1.